The molecule has 1 heterocycles. The first-order chi connectivity index (χ1) is 9.40. The van der Waals surface area contributed by atoms with E-state index in [-0.39, 0.29) is 11.6 Å². The zero-order chi connectivity index (χ0) is 14.9. The maximum atomic E-state index is 12.0. The lowest BCUT2D eigenvalue weighted by Gasteiger charge is -2.20. The van der Waals surface area contributed by atoms with Gasteiger partial charge in [-0.15, -0.1) is 0 Å². The Morgan fingerprint density at radius 2 is 1.85 bits per heavy atom. The second kappa shape index (κ2) is 5.46. The molecule has 0 unspecified atom stereocenters. The van der Waals surface area contributed by atoms with E-state index in [1.54, 1.807) is 6.92 Å². The number of benzene rings is 1. The first-order valence-electron chi connectivity index (χ1n) is 6.50. The van der Waals surface area contributed by atoms with Crippen molar-refractivity contribution in [1.29, 1.82) is 0 Å². The van der Waals surface area contributed by atoms with E-state index in [2.05, 4.69) is 21.8 Å². The fourth-order valence-electron chi connectivity index (χ4n) is 2.20. The Kier molecular flexibility index (Phi) is 3.90. The lowest BCUT2D eigenvalue weighted by Crippen LogP contribution is -2.25. The lowest BCUT2D eigenvalue weighted by molar-refractivity contribution is 0.321. The zero-order valence-electron chi connectivity index (χ0n) is 12.2. The summed E-state index contributed by atoms with van der Waals surface area (Å²) < 4.78 is 0. The Bertz CT molecular complexity index is 728. The van der Waals surface area contributed by atoms with Crippen LogP contribution in [0.4, 0.5) is 0 Å². The van der Waals surface area contributed by atoms with Gasteiger partial charge in [-0.05, 0) is 45.1 Å². The molecule has 0 bridgehead atoms. The van der Waals surface area contributed by atoms with Crippen LogP contribution in [0, 0.1) is 6.92 Å². The summed E-state index contributed by atoms with van der Waals surface area (Å²) in [6, 6.07) is 8.07. The molecule has 0 aliphatic rings. The Morgan fingerprint density at radius 1 is 1.15 bits per heavy atom. The molecule has 2 rings (SSSR count). The first-order valence-corrected chi connectivity index (χ1v) is 6.50. The van der Waals surface area contributed by atoms with Gasteiger partial charge in [0.15, 0.2) is 0 Å². The van der Waals surface area contributed by atoms with Crippen molar-refractivity contribution in [3.05, 3.63) is 56.4 Å². The predicted molar refractivity (Wildman–Crippen MR) is 80.0 cm³/mol. The van der Waals surface area contributed by atoms with Crippen molar-refractivity contribution in [3.63, 3.8) is 0 Å². The Labute approximate surface area is 117 Å². The highest BCUT2D eigenvalue weighted by Gasteiger charge is 2.12. The van der Waals surface area contributed by atoms with Gasteiger partial charge in [-0.1, -0.05) is 18.2 Å². The molecule has 0 spiro atoms. The summed E-state index contributed by atoms with van der Waals surface area (Å²) in [4.78, 5) is 30.2. The molecule has 2 N–H and O–H groups in total. The van der Waals surface area contributed by atoms with Gasteiger partial charge in [0.25, 0.3) is 5.56 Å². The molecule has 0 fully saturated rings. The van der Waals surface area contributed by atoms with Crippen molar-refractivity contribution in [1.82, 2.24) is 14.9 Å². The third-order valence-electron chi connectivity index (χ3n) is 3.56. The van der Waals surface area contributed by atoms with Crippen molar-refractivity contribution in [2.45, 2.75) is 19.9 Å². The van der Waals surface area contributed by atoms with E-state index < -0.39 is 5.69 Å². The number of hydrogen-bond donors (Lipinski definition) is 2. The Morgan fingerprint density at radius 3 is 2.45 bits per heavy atom. The molecule has 2 aromatic rings. The van der Waals surface area contributed by atoms with Crippen LogP contribution in [0.3, 0.4) is 0 Å². The number of aromatic nitrogens is 2. The van der Waals surface area contributed by atoms with Crippen LogP contribution >= 0.6 is 0 Å². The number of H-pyrrole nitrogens is 2. The molecule has 0 aliphatic heterocycles. The minimum atomic E-state index is -0.478. The normalized spacial score (nSPS) is 12.7. The van der Waals surface area contributed by atoms with Gasteiger partial charge >= 0.3 is 5.69 Å². The molecule has 0 radical (unpaired) electrons. The molecule has 0 saturated heterocycles. The minimum absolute atomic E-state index is 0.247. The maximum absolute atomic E-state index is 12.0. The number of aromatic amines is 2. The van der Waals surface area contributed by atoms with E-state index in [1.807, 2.05) is 38.4 Å². The first kappa shape index (κ1) is 14.3. The van der Waals surface area contributed by atoms with E-state index in [0.29, 0.717) is 11.3 Å². The van der Waals surface area contributed by atoms with Crippen molar-refractivity contribution >= 4 is 0 Å². The Hall–Kier alpha value is -2.14. The highest BCUT2D eigenvalue weighted by Crippen LogP contribution is 2.23. The highest BCUT2D eigenvalue weighted by molar-refractivity contribution is 5.65. The third-order valence-corrected chi connectivity index (χ3v) is 3.56. The van der Waals surface area contributed by atoms with E-state index in [4.69, 9.17) is 0 Å². The van der Waals surface area contributed by atoms with Gasteiger partial charge in [-0.2, -0.15) is 0 Å². The van der Waals surface area contributed by atoms with Crippen molar-refractivity contribution < 1.29 is 0 Å². The molecular weight excluding hydrogens is 254 g/mol. The fourth-order valence-corrected chi connectivity index (χ4v) is 2.20. The van der Waals surface area contributed by atoms with Crippen LogP contribution in [0.15, 0.2) is 33.9 Å². The third kappa shape index (κ3) is 2.72. The van der Waals surface area contributed by atoms with Gasteiger partial charge in [-0.3, -0.25) is 9.78 Å². The van der Waals surface area contributed by atoms with E-state index in [0.717, 1.165) is 11.1 Å². The summed E-state index contributed by atoms with van der Waals surface area (Å²) in [5.74, 6) is 0. The number of aryl methyl sites for hydroxylation is 1. The van der Waals surface area contributed by atoms with E-state index >= 15 is 0 Å². The van der Waals surface area contributed by atoms with Crippen LogP contribution in [-0.4, -0.2) is 29.0 Å². The topological polar surface area (TPSA) is 69.0 Å². The van der Waals surface area contributed by atoms with Gasteiger partial charge < -0.3 is 9.88 Å². The SMILES string of the molecule is Cc1[nH]c(=O)[nH]c(=O)c1-c1cccc([C@H](C)N(C)C)c1. The highest BCUT2D eigenvalue weighted by atomic mass is 16.2. The summed E-state index contributed by atoms with van der Waals surface area (Å²) in [5.41, 5.74) is 2.18. The summed E-state index contributed by atoms with van der Waals surface area (Å²) >= 11 is 0. The van der Waals surface area contributed by atoms with Crippen molar-refractivity contribution in [2.24, 2.45) is 0 Å². The standard InChI is InChI=1S/C15H19N3O2/c1-9-13(14(19)17-15(20)16-9)12-7-5-6-11(8-12)10(2)18(3)4/h5-8,10H,1-4H3,(H2,16,17,19,20)/t10-/m0/s1. The lowest BCUT2D eigenvalue weighted by atomic mass is 10.00. The molecule has 5 nitrogen and oxygen atoms in total. The van der Waals surface area contributed by atoms with Crippen LogP contribution in [0.1, 0.15) is 24.2 Å². The smallest absolute Gasteiger partial charge is 0.311 e. The van der Waals surface area contributed by atoms with Gasteiger partial charge in [-0.25, -0.2) is 4.79 Å². The molecule has 0 amide bonds. The van der Waals surface area contributed by atoms with Crippen LogP contribution < -0.4 is 11.2 Å². The van der Waals surface area contributed by atoms with E-state index in [9.17, 15) is 9.59 Å². The molecule has 1 aromatic heterocycles. The fraction of sp³-hybridized carbons (Fsp3) is 0.333. The molecule has 0 saturated carbocycles. The van der Waals surface area contributed by atoms with Gasteiger partial charge in [0.2, 0.25) is 0 Å². The van der Waals surface area contributed by atoms with Crippen molar-refractivity contribution in [2.75, 3.05) is 14.1 Å². The zero-order valence-corrected chi connectivity index (χ0v) is 12.2. The van der Waals surface area contributed by atoms with Crippen LogP contribution in [0.25, 0.3) is 11.1 Å². The van der Waals surface area contributed by atoms with Crippen LogP contribution in [-0.2, 0) is 0 Å². The molecule has 1 atom stereocenters. The number of hydrogen-bond acceptors (Lipinski definition) is 3. The van der Waals surface area contributed by atoms with Crippen LogP contribution in [0.5, 0.6) is 0 Å². The average Bonchev–Trinajstić information content (AvgIpc) is 2.36. The number of nitrogens with one attached hydrogen (secondary N) is 2. The van der Waals surface area contributed by atoms with Gasteiger partial charge in [0, 0.05) is 11.7 Å². The van der Waals surface area contributed by atoms with Crippen molar-refractivity contribution in [3.8, 4) is 11.1 Å². The summed E-state index contributed by atoms with van der Waals surface area (Å²) in [7, 11) is 4.02. The quantitative estimate of drug-likeness (QED) is 0.893. The molecule has 0 aliphatic carbocycles. The maximum Gasteiger partial charge on any atom is 0.325 e. The van der Waals surface area contributed by atoms with Crippen LogP contribution in [0.2, 0.25) is 0 Å². The summed E-state index contributed by atoms with van der Waals surface area (Å²) in [6.07, 6.45) is 0. The number of nitrogens with zero attached hydrogens (tertiary/aromatic N) is 1. The summed E-state index contributed by atoms with van der Waals surface area (Å²) in [6.45, 7) is 3.83. The molecular formula is C15H19N3O2. The molecule has 20 heavy (non-hydrogen) atoms. The van der Waals surface area contributed by atoms with Gasteiger partial charge in [0.05, 0.1) is 5.56 Å². The average molecular weight is 273 g/mol. The molecule has 5 heteroatoms. The summed E-state index contributed by atoms with van der Waals surface area (Å²) in [5, 5.41) is 0. The predicted octanol–water partition coefficient (Wildman–Crippen LogP) is 1.66. The second-order valence-corrected chi connectivity index (χ2v) is 5.17. The Balaban J connectivity index is 2.58. The molecule has 1 aromatic carbocycles. The minimum Gasteiger partial charge on any atom is -0.311 e. The van der Waals surface area contributed by atoms with E-state index in [1.165, 1.54) is 0 Å². The molecule has 106 valence electrons. The van der Waals surface area contributed by atoms with Gasteiger partial charge in [0.1, 0.15) is 0 Å². The largest absolute Gasteiger partial charge is 0.325 e. The number of rotatable bonds is 3. The second-order valence-electron chi connectivity index (χ2n) is 5.17. The monoisotopic (exact) mass is 273 g/mol.